The standard InChI is InChI=1S/C3H7NOS.H2/c5-6-2-1-4-3-6;/h4H,1-3H2;1H. The second kappa shape index (κ2) is 1.71. The van der Waals surface area contributed by atoms with E-state index in [1.54, 1.807) is 0 Å². The highest BCUT2D eigenvalue weighted by Gasteiger charge is 2.03. The molecule has 0 aromatic heterocycles. The maximum Gasteiger partial charge on any atom is 0.0723 e. The molecule has 1 heterocycles. The third-order valence-corrected chi connectivity index (χ3v) is 1.96. The molecule has 0 amide bonds. The minimum atomic E-state index is -0.534. The van der Waals surface area contributed by atoms with Crippen LogP contribution in [0.4, 0.5) is 0 Å². The van der Waals surface area contributed by atoms with Crippen LogP contribution < -0.4 is 5.32 Å². The van der Waals surface area contributed by atoms with Gasteiger partial charge in [-0.25, -0.2) is 0 Å². The first-order valence-electron chi connectivity index (χ1n) is 1.95. The molecule has 2 nitrogen and oxygen atoms in total. The molecule has 6 heavy (non-hydrogen) atoms. The summed E-state index contributed by atoms with van der Waals surface area (Å²) in [5, 5.41) is 2.97. The van der Waals surface area contributed by atoms with E-state index in [-0.39, 0.29) is 1.43 Å². The molecular weight excluding hydrogens is 98.1 g/mol. The van der Waals surface area contributed by atoms with E-state index in [9.17, 15) is 4.21 Å². The highest BCUT2D eigenvalue weighted by Crippen LogP contribution is 1.84. The first-order chi connectivity index (χ1) is 2.89. The van der Waals surface area contributed by atoms with Gasteiger partial charge in [0.05, 0.1) is 5.88 Å². The summed E-state index contributed by atoms with van der Waals surface area (Å²) in [6.07, 6.45) is 0. The van der Waals surface area contributed by atoms with Crippen LogP contribution in [0.2, 0.25) is 0 Å². The molecule has 0 saturated carbocycles. The van der Waals surface area contributed by atoms with Gasteiger partial charge in [0.1, 0.15) is 0 Å². The number of rotatable bonds is 0. The molecular formula is C3H9NOS. The van der Waals surface area contributed by atoms with E-state index < -0.39 is 10.8 Å². The molecule has 1 fully saturated rings. The Balaban J connectivity index is 0.000000360. The molecule has 0 radical (unpaired) electrons. The quantitative estimate of drug-likeness (QED) is 0.454. The molecule has 1 unspecified atom stereocenters. The summed E-state index contributed by atoms with van der Waals surface area (Å²) < 4.78 is 10.3. The Morgan fingerprint density at radius 2 is 2.67 bits per heavy atom. The van der Waals surface area contributed by atoms with Gasteiger partial charge >= 0.3 is 0 Å². The fourth-order valence-corrected chi connectivity index (χ4v) is 1.33. The maximum atomic E-state index is 10.3. The van der Waals surface area contributed by atoms with Crippen molar-refractivity contribution in [2.24, 2.45) is 0 Å². The third kappa shape index (κ3) is 0.786. The average Bonchev–Trinajstić information content (AvgIpc) is 1.86. The largest absolute Gasteiger partial charge is 0.305 e. The SMILES string of the molecule is O=S1CCNC1.[HH]. The van der Waals surface area contributed by atoms with Crippen molar-refractivity contribution in [2.45, 2.75) is 0 Å². The zero-order chi connectivity index (χ0) is 4.41. The average molecular weight is 107 g/mol. The first kappa shape index (κ1) is 4.27. The van der Waals surface area contributed by atoms with Crippen LogP contribution in [-0.2, 0) is 10.8 Å². The van der Waals surface area contributed by atoms with Gasteiger partial charge in [-0.05, 0) is 0 Å². The van der Waals surface area contributed by atoms with Crippen molar-refractivity contribution >= 4 is 10.8 Å². The third-order valence-electron chi connectivity index (χ3n) is 0.770. The summed E-state index contributed by atoms with van der Waals surface area (Å²) in [6, 6.07) is 0. The van der Waals surface area contributed by atoms with Crippen molar-refractivity contribution in [1.82, 2.24) is 5.32 Å². The lowest BCUT2D eigenvalue weighted by Gasteiger charge is -1.76. The first-order valence-corrected chi connectivity index (χ1v) is 3.44. The van der Waals surface area contributed by atoms with E-state index in [4.69, 9.17) is 0 Å². The second-order valence-electron chi connectivity index (χ2n) is 1.29. The zero-order valence-corrected chi connectivity index (χ0v) is 4.25. The Morgan fingerprint density at radius 3 is 2.83 bits per heavy atom. The molecule has 38 valence electrons. The van der Waals surface area contributed by atoms with Crippen molar-refractivity contribution in [3.63, 3.8) is 0 Å². The maximum absolute atomic E-state index is 10.3. The van der Waals surface area contributed by atoms with Gasteiger partial charge in [-0.1, -0.05) is 0 Å². The van der Waals surface area contributed by atoms with E-state index in [1.807, 2.05) is 0 Å². The zero-order valence-electron chi connectivity index (χ0n) is 3.44. The highest BCUT2D eigenvalue weighted by atomic mass is 32.2. The number of nitrogens with one attached hydrogen (secondary N) is 1. The van der Waals surface area contributed by atoms with E-state index in [1.165, 1.54) is 0 Å². The summed E-state index contributed by atoms with van der Waals surface area (Å²) in [4.78, 5) is 0. The van der Waals surface area contributed by atoms with Gasteiger partial charge in [0.2, 0.25) is 0 Å². The van der Waals surface area contributed by atoms with Crippen LogP contribution in [0.5, 0.6) is 0 Å². The molecule has 1 aliphatic rings. The van der Waals surface area contributed by atoms with Gasteiger partial charge in [0.25, 0.3) is 0 Å². The molecule has 1 N–H and O–H groups in total. The fourth-order valence-electron chi connectivity index (χ4n) is 0.444. The summed E-state index contributed by atoms with van der Waals surface area (Å²) in [5.41, 5.74) is 0. The Morgan fingerprint density at radius 1 is 1.83 bits per heavy atom. The lowest BCUT2D eigenvalue weighted by Crippen LogP contribution is -2.05. The van der Waals surface area contributed by atoms with Crippen molar-refractivity contribution < 1.29 is 5.64 Å². The van der Waals surface area contributed by atoms with Gasteiger partial charge in [0.15, 0.2) is 0 Å². The topological polar surface area (TPSA) is 29.1 Å². The van der Waals surface area contributed by atoms with E-state index >= 15 is 0 Å². The molecule has 1 aliphatic heterocycles. The van der Waals surface area contributed by atoms with Gasteiger partial charge in [-0.3, -0.25) is 4.21 Å². The lowest BCUT2D eigenvalue weighted by molar-refractivity contribution is 0.686. The second-order valence-corrected chi connectivity index (χ2v) is 2.86. The lowest BCUT2D eigenvalue weighted by atomic mass is 10.8. The van der Waals surface area contributed by atoms with Crippen molar-refractivity contribution in [3.8, 4) is 0 Å². The Labute approximate surface area is 40.9 Å². The Bertz CT molecular complexity index is 69.3. The highest BCUT2D eigenvalue weighted by molar-refractivity contribution is 7.85. The minimum absolute atomic E-state index is 0. The van der Waals surface area contributed by atoms with E-state index in [0.717, 1.165) is 12.3 Å². The van der Waals surface area contributed by atoms with Crippen LogP contribution in [-0.4, -0.2) is 22.4 Å². The monoisotopic (exact) mass is 107 g/mol. The summed E-state index contributed by atoms with van der Waals surface area (Å²) in [7, 11) is -0.534. The number of hydrogen-bond donors (Lipinski definition) is 1. The molecule has 0 aliphatic carbocycles. The van der Waals surface area contributed by atoms with Crippen LogP contribution in [0.15, 0.2) is 0 Å². The van der Waals surface area contributed by atoms with Crippen LogP contribution >= 0.6 is 0 Å². The molecule has 0 aromatic carbocycles. The summed E-state index contributed by atoms with van der Waals surface area (Å²) >= 11 is 0. The molecule has 0 spiro atoms. The number of hydrogen-bond acceptors (Lipinski definition) is 2. The minimum Gasteiger partial charge on any atom is -0.305 e. The Kier molecular flexibility index (Phi) is 1.22. The van der Waals surface area contributed by atoms with Gasteiger partial charge in [-0.2, -0.15) is 0 Å². The molecule has 0 bridgehead atoms. The van der Waals surface area contributed by atoms with Crippen molar-refractivity contribution in [3.05, 3.63) is 0 Å². The van der Waals surface area contributed by atoms with Crippen LogP contribution in [0.25, 0.3) is 0 Å². The molecule has 1 atom stereocenters. The normalized spacial score (nSPS) is 34.3. The predicted octanol–water partition coefficient (Wildman–Crippen LogP) is -0.458. The Hall–Kier alpha value is 0.110. The smallest absolute Gasteiger partial charge is 0.0723 e. The summed E-state index contributed by atoms with van der Waals surface area (Å²) in [5.74, 6) is 1.56. The fraction of sp³-hybridized carbons (Fsp3) is 1.00. The van der Waals surface area contributed by atoms with Crippen molar-refractivity contribution in [1.29, 1.82) is 0 Å². The van der Waals surface area contributed by atoms with Crippen LogP contribution in [0.3, 0.4) is 0 Å². The molecule has 1 rings (SSSR count). The molecule has 0 aromatic rings. The predicted molar refractivity (Wildman–Crippen MR) is 28.0 cm³/mol. The van der Waals surface area contributed by atoms with Gasteiger partial charge in [-0.15, -0.1) is 0 Å². The van der Waals surface area contributed by atoms with Gasteiger partial charge < -0.3 is 5.32 Å². The van der Waals surface area contributed by atoms with Crippen LogP contribution in [0.1, 0.15) is 1.43 Å². The van der Waals surface area contributed by atoms with E-state index in [0.29, 0.717) is 5.88 Å². The molecule has 1 saturated heterocycles. The van der Waals surface area contributed by atoms with Crippen molar-refractivity contribution in [2.75, 3.05) is 18.2 Å². The molecule has 3 heteroatoms. The van der Waals surface area contributed by atoms with Gasteiger partial charge in [0, 0.05) is 24.5 Å². The van der Waals surface area contributed by atoms with Crippen LogP contribution in [0, 0.1) is 0 Å². The van der Waals surface area contributed by atoms with E-state index in [2.05, 4.69) is 5.32 Å². The summed E-state index contributed by atoms with van der Waals surface area (Å²) in [6.45, 7) is 0.937.